The van der Waals surface area contributed by atoms with Gasteiger partial charge in [-0.1, -0.05) is 0 Å². The number of hydrogen-bond acceptors (Lipinski definition) is 5. The summed E-state index contributed by atoms with van der Waals surface area (Å²) in [5, 5.41) is 19.9. The van der Waals surface area contributed by atoms with Crippen molar-refractivity contribution in [1.29, 1.82) is 0 Å². The number of nitro groups is 1. The van der Waals surface area contributed by atoms with E-state index in [9.17, 15) is 15.2 Å². The molecule has 0 saturated carbocycles. The smallest absolute Gasteiger partial charge is 0.270 e. The maximum Gasteiger partial charge on any atom is 0.270 e. The molecule has 0 aliphatic carbocycles. The van der Waals surface area contributed by atoms with Crippen LogP contribution < -0.4 is 4.74 Å². The van der Waals surface area contributed by atoms with Gasteiger partial charge in [0, 0.05) is 37.3 Å². The van der Waals surface area contributed by atoms with Gasteiger partial charge in [0.1, 0.15) is 5.75 Å². The Hall–Kier alpha value is -1.66. The van der Waals surface area contributed by atoms with E-state index in [1.165, 1.54) is 19.2 Å². The Morgan fingerprint density at radius 3 is 2.82 bits per heavy atom. The number of methoxy groups -OCH3 is 1. The Morgan fingerprint density at radius 2 is 2.29 bits per heavy atom. The number of hydrogen-bond donors (Lipinski definition) is 1. The van der Waals surface area contributed by atoms with Gasteiger partial charge >= 0.3 is 0 Å². The maximum atomic E-state index is 10.7. The molecule has 17 heavy (non-hydrogen) atoms. The van der Waals surface area contributed by atoms with Gasteiger partial charge < -0.3 is 9.84 Å². The lowest BCUT2D eigenvalue weighted by atomic mass is 10.1. The quantitative estimate of drug-likeness (QED) is 0.619. The molecule has 0 amide bonds. The summed E-state index contributed by atoms with van der Waals surface area (Å²) in [7, 11) is 1.54. The van der Waals surface area contributed by atoms with E-state index in [4.69, 9.17) is 4.74 Å². The highest BCUT2D eigenvalue weighted by atomic mass is 16.6. The fraction of sp³-hybridized carbons (Fsp3) is 0.455. The molecule has 1 aliphatic rings. The number of ether oxygens (including phenoxy) is 1. The molecule has 1 heterocycles. The van der Waals surface area contributed by atoms with Crippen molar-refractivity contribution >= 4 is 5.69 Å². The van der Waals surface area contributed by atoms with E-state index in [2.05, 4.69) is 0 Å². The lowest BCUT2D eigenvalue weighted by Gasteiger charge is -2.35. The molecule has 6 nitrogen and oxygen atoms in total. The number of rotatable bonds is 4. The summed E-state index contributed by atoms with van der Waals surface area (Å²) in [6.07, 6.45) is -0.278. The lowest BCUT2D eigenvalue weighted by Crippen LogP contribution is -2.49. The first kappa shape index (κ1) is 11.8. The van der Waals surface area contributed by atoms with E-state index >= 15 is 0 Å². The van der Waals surface area contributed by atoms with Crippen LogP contribution in [-0.2, 0) is 6.54 Å². The van der Waals surface area contributed by atoms with E-state index in [1.54, 1.807) is 6.07 Å². The van der Waals surface area contributed by atoms with Crippen molar-refractivity contribution in [3.05, 3.63) is 33.9 Å². The minimum absolute atomic E-state index is 0.0573. The molecule has 6 heteroatoms. The normalized spacial score (nSPS) is 16.6. The highest BCUT2D eigenvalue weighted by Crippen LogP contribution is 2.26. The zero-order valence-corrected chi connectivity index (χ0v) is 9.50. The van der Waals surface area contributed by atoms with Crippen molar-refractivity contribution in [1.82, 2.24) is 4.90 Å². The first-order valence-electron chi connectivity index (χ1n) is 5.32. The molecular weight excluding hydrogens is 224 g/mol. The van der Waals surface area contributed by atoms with Crippen molar-refractivity contribution in [3.8, 4) is 5.75 Å². The van der Waals surface area contributed by atoms with Crippen molar-refractivity contribution in [3.63, 3.8) is 0 Å². The fourth-order valence-electron chi connectivity index (χ4n) is 1.91. The van der Waals surface area contributed by atoms with Crippen molar-refractivity contribution in [2.24, 2.45) is 0 Å². The van der Waals surface area contributed by atoms with E-state index in [0.29, 0.717) is 25.4 Å². The summed E-state index contributed by atoms with van der Waals surface area (Å²) in [5.74, 6) is 0.636. The zero-order valence-electron chi connectivity index (χ0n) is 9.50. The van der Waals surface area contributed by atoms with Gasteiger partial charge in [-0.15, -0.1) is 0 Å². The standard InChI is InChI=1S/C11H14N2O4/c1-17-11-3-2-9(13(15)16)4-8(11)5-12-6-10(14)7-12/h2-4,10,14H,5-7H2,1H3. The Kier molecular flexibility index (Phi) is 3.26. The monoisotopic (exact) mass is 238 g/mol. The molecule has 0 unspecified atom stereocenters. The van der Waals surface area contributed by atoms with Gasteiger partial charge in [0.05, 0.1) is 18.1 Å². The van der Waals surface area contributed by atoms with Gasteiger partial charge in [-0.25, -0.2) is 0 Å². The first-order chi connectivity index (χ1) is 8.10. The van der Waals surface area contributed by atoms with Crippen LogP contribution in [0, 0.1) is 10.1 Å². The maximum absolute atomic E-state index is 10.7. The topological polar surface area (TPSA) is 75.8 Å². The molecule has 0 bridgehead atoms. The number of aliphatic hydroxyl groups excluding tert-OH is 1. The SMILES string of the molecule is COc1ccc([N+](=O)[O-])cc1CN1CC(O)C1. The third-order valence-corrected chi connectivity index (χ3v) is 2.81. The molecule has 1 aliphatic heterocycles. The Labute approximate surface area is 98.6 Å². The number of benzene rings is 1. The highest BCUT2D eigenvalue weighted by Gasteiger charge is 2.25. The van der Waals surface area contributed by atoms with Crippen LogP contribution in [0.1, 0.15) is 5.56 Å². The number of β-amino-alcohol motifs (C(OH)–C–C–N with tert-alkyl or cyclic N) is 1. The number of non-ortho nitro benzene ring substituents is 1. The van der Waals surface area contributed by atoms with Crippen LogP contribution in [0.3, 0.4) is 0 Å². The molecule has 0 aromatic heterocycles. The highest BCUT2D eigenvalue weighted by molar-refractivity contribution is 5.43. The molecule has 0 atom stereocenters. The van der Waals surface area contributed by atoms with Crippen LogP contribution in [0.25, 0.3) is 0 Å². The summed E-state index contributed by atoms with van der Waals surface area (Å²) in [4.78, 5) is 12.3. The second kappa shape index (κ2) is 4.68. The van der Waals surface area contributed by atoms with Crippen LogP contribution in [0.5, 0.6) is 5.75 Å². The zero-order chi connectivity index (χ0) is 12.4. The second-order valence-electron chi connectivity index (χ2n) is 4.10. The van der Waals surface area contributed by atoms with Crippen LogP contribution in [0.2, 0.25) is 0 Å². The van der Waals surface area contributed by atoms with Crippen molar-refractivity contribution in [2.75, 3.05) is 20.2 Å². The summed E-state index contributed by atoms with van der Waals surface area (Å²) < 4.78 is 5.16. The van der Waals surface area contributed by atoms with Crippen LogP contribution in [-0.4, -0.2) is 41.2 Å². The van der Waals surface area contributed by atoms with Gasteiger partial charge in [-0.2, -0.15) is 0 Å². The molecule has 92 valence electrons. The van der Waals surface area contributed by atoms with E-state index in [-0.39, 0.29) is 11.8 Å². The summed E-state index contributed by atoms with van der Waals surface area (Å²) in [6.45, 7) is 1.76. The largest absolute Gasteiger partial charge is 0.496 e. The summed E-state index contributed by atoms with van der Waals surface area (Å²) in [5.41, 5.74) is 0.829. The van der Waals surface area contributed by atoms with Crippen LogP contribution in [0.4, 0.5) is 5.69 Å². The first-order valence-corrected chi connectivity index (χ1v) is 5.32. The summed E-state index contributed by atoms with van der Waals surface area (Å²) >= 11 is 0. The Bertz CT molecular complexity index is 429. The average molecular weight is 238 g/mol. The third-order valence-electron chi connectivity index (χ3n) is 2.81. The number of nitro benzene ring substituents is 1. The predicted molar refractivity (Wildman–Crippen MR) is 60.9 cm³/mol. The van der Waals surface area contributed by atoms with E-state index < -0.39 is 4.92 Å². The number of aliphatic hydroxyl groups is 1. The second-order valence-corrected chi connectivity index (χ2v) is 4.10. The fourth-order valence-corrected chi connectivity index (χ4v) is 1.91. The van der Waals surface area contributed by atoms with Crippen molar-refractivity contribution < 1.29 is 14.8 Å². The van der Waals surface area contributed by atoms with Crippen molar-refractivity contribution in [2.45, 2.75) is 12.6 Å². The van der Waals surface area contributed by atoms with E-state index in [1.807, 2.05) is 4.90 Å². The molecule has 0 spiro atoms. The van der Waals surface area contributed by atoms with E-state index in [0.717, 1.165) is 5.56 Å². The molecular formula is C11H14N2O4. The van der Waals surface area contributed by atoms with Crippen LogP contribution in [0.15, 0.2) is 18.2 Å². The molecule has 1 saturated heterocycles. The minimum Gasteiger partial charge on any atom is -0.496 e. The van der Waals surface area contributed by atoms with Gasteiger partial charge in [0.15, 0.2) is 0 Å². The van der Waals surface area contributed by atoms with Gasteiger partial charge in [0.2, 0.25) is 0 Å². The number of nitrogens with zero attached hydrogens (tertiary/aromatic N) is 2. The molecule has 2 rings (SSSR count). The molecule has 1 aromatic rings. The van der Waals surface area contributed by atoms with Gasteiger partial charge in [-0.3, -0.25) is 15.0 Å². The minimum atomic E-state index is -0.423. The lowest BCUT2D eigenvalue weighted by molar-refractivity contribution is -0.385. The Morgan fingerprint density at radius 1 is 1.59 bits per heavy atom. The van der Waals surface area contributed by atoms with Gasteiger partial charge in [0.25, 0.3) is 5.69 Å². The average Bonchev–Trinajstić information content (AvgIpc) is 2.26. The predicted octanol–water partition coefficient (Wildman–Crippen LogP) is 0.780. The molecule has 1 fully saturated rings. The molecule has 1 N–H and O–H groups in total. The molecule has 1 aromatic carbocycles. The van der Waals surface area contributed by atoms with Crippen LogP contribution >= 0.6 is 0 Å². The van der Waals surface area contributed by atoms with Gasteiger partial charge in [-0.05, 0) is 6.07 Å². The third kappa shape index (κ3) is 2.54. The number of likely N-dealkylation sites (tertiary alicyclic amines) is 1. The molecule has 0 radical (unpaired) electrons. The Balaban J connectivity index is 2.17. The summed E-state index contributed by atoms with van der Waals surface area (Å²) in [6, 6.07) is 4.54.